The molecule has 0 atom stereocenters. The molecular formula is C24H19NO3. The van der Waals surface area contributed by atoms with Crippen LogP contribution in [-0.2, 0) is 13.1 Å². The molecule has 3 aromatic carbocycles. The fraction of sp³-hybridized carbons (Fsp3) is 0.125. The number of hydrogen-bond donors (Lipinski definition) is 0. The molecule has 0 saturated carbocycles. The lowest BCUT2D eigenvalue weighted by Gasteiger charge is -2.29. The van der Waals surface area contributed by atoms with E-state index in [1.54, 1.807) is 12.3 Å². The summed E-state index contributed by atoms with van der Waals surface area (Å²) in [5, 5.41) is 0.588. The van der Waals surface area contributed by atoms with Crippen molar-refractivity contribution in [1.29, 1.82) is 0 Å². The van der Waals surface area contributed by atoms with Gasteiger partial charge in [0.15, 0.2) is 0 Å². The molecule has 0 fully saturated rings. The van der Waals surface area contributed by atoms with E-state index in [1.165, 1.54) is 5.56 Å². The first-order valence-corrected chi connectivity index (χ1v) is 9.31. The molecule has 2 heterocycles. The van der Waals surface area contributed by atoms with E-state index in [0.717, 1.165) is 23.4 Å². The van der Waals surface area contributed by atoms with Crippen LogP contribution in [0.5, 0.6) is 5.75 Å². The average Bonchev–Trinajstić information content (AvgIpc) is 2.75. The van der Waals surface area contributed by atoms with Crippen LogP contribution in [0.25, 0.3) is 22.1 Å². The van der Waals surface area contributed by atoms with Crippen LogP contribution in [0.3, 0.4) is 0 Å². The van der Waals surface area contributed by atoms with E-state index in [2.05, 4.69) is 17.0 Å². The molecular weight excluding hydrogens is 350 g/mol. The predicted molar refractivity (Wildman–Crippen MR) is 109 cm³/mol. The molecule has 4 nitrogen and oxygen atoms in total. The van der Waals surface area contributed by atoms with Crippen molar-refractivity contribution in [3.8, 4) is 16.9 Å². The van der Waals surface area contributed by atoms with Crippen LogP contribution in [0.2, 0.25) is 0 Å². The van der Waals surface area contributed by atoms with Crippen LogP contribution in [0.15, 0.2) is 88.3 Å². The zero-order chi connectivity index (χ0) is 18.9. The fourth-order valence-corrected chi connectivity index (χ4v) is 3.71. The van der Waals surface area contributed by atoms with Crippen LogP contribution in [0.1, 0.15) is 11.1 Å². The maximum Gasteiger partial charge on any atom is 0.200 e. The van der Waals surface area contributed by atoms with Crippen molar-refractivity contribution in [2.75, 3.05) is 6.73 Å². The smallest absolute Gasteiger partial charge is 0.200 e. The van der Waals surface area contributed by atoms with Crippen molar-refractivity contribution in [1.82, 2.24) is 4.90 Å². The minimum absolute atomic E-state index is 0.0181. The highest BCUT2D eigenvalue weighted by atomic mass is 16.5. The van der Waals surface area contributed by atoms with Crippen molar-refractivity contribution >= 4 is 11.0 Å². The third kappa shape index (κ3) is 2.98. The Kier molecular flexibility index (Phi) is 4.18. The third-order valence-corrected chi connectivity index (χ3v) is 5.12. The fourth-order valence-electron chi connectivity index (χ4n) is 3.71. The van der Waals surface area contributed by atoms with Crippen LogP contribution in [0, 0.1) is 0 Å². The van der Waals surface area contributed by atoms with Gasteiger partial charge in [-0.1, -0.05) is 60.7 Å². The van der Waals surface area contributed by atoms with E-state index < -0.39 is 0 Å². The Bertz CT molecular complexity index is 1180. The molecule has 5 rings (SSSR count). The second kappa shape index (κ2) is 6.98. The Morgan fingerprint density at radius 3 is 2.43 bits per heavy atom. The van der Waals surface area contributed by atoms with Gasteiger partial charge in [-0.05, 0) is 23.3 Å². The SMILES string of the molecule is O=c1c(-c2ccccc2)coc2c3c(ccc12)OCN(Cc1ccccc1)C3. The standard InChI is InChI=1S/C24H19NO3/c26-23-19-11-12-22-20(14-25(16-28-22)13-17-7-3-1-4-8-17)24(19)27-15-21(23)18-9-5-2-6-10-18/h1-12,15H,13-14,16H2. The number of nitrogens with zero attached hydrogens (tertiary/aromatic N) is 1. The van der Waals surface area contributed by atoms with E-state index in [9.17, 15) is 4.79 Å². The monoisotopic (exact) mass is 369 g/mol. The summed E-state index contributed by atoms with van der Waals surface area (Å²) in [4.78, 5) is 15.3. The van der Waals surface area contributed by atoms with Crippen LogP contribution in [-0.4, -0.2) is 11.6 Å². The molecule has 0 radical (unpaired) electrons. The molecule has 1 aliphatic heterocycles. The molecule has 0 amide bonds. The highest BCUT2D eigenvalue weighted by molar-refractivity contribution is 5.85. The summed E-state index contributed by atoms with van der Waals surface area (Å²) in [5.41, 5.74) is 4.18. The first-order valence-electron chi connectivity index (χ1n) is 9.31. The number of fused-ring (bicyclic) bond motifs is 3. The minimum Gasteiger partial charge on any atom is -0.478 e. The molecule has 4 aromatic rings. The molecule has 0 bridgehead atoms. The molecule has 138 valence electrons. The Morgan fingerprint density at radius 1 is 0.893 bits per heavy atom. The molecule has 1 aliphatic rings. The summed E-state index contributed by atoms with van der Waals surface area (Å²) in [5.74, 6) is 0.785. The number of hydrogen-bond acceptors (Lipinski definition) is 4. The lowest BCUT2D eigenvalue weighted by molar-refractivity contribution is 0.0890. The lowest BCUT2D eigenvalue weighted by atomic mass is 10.0. The second-order valence-electron chi connectivity index (χ2n) is 7.01. The Labute approximate surface area is 162 Å². The van der Waals surface area contributed by atoms with E-state index in [1.807, 2.05) is 54.6 Å². The van der Waals surface area contributed by atoms with Gasteiger partial charge < -0.3 is 9.15 Å². The van der Waals surface area contributed by atoms with Gasteiger partial charge in [0.1, 0.15) is 24.3 Å². The third-order valence-electron chi connectivity index (χ3n) is 5.12. The molecule has 4 heteroatoms. The van der Waals surface area contributed by atoms with Gasteiger partial charge in [-0.15, -0.1) is 0 Å². The predicted octanol–water partition coefficient (Wildman–Crippen LogP) is 4.81. The van der Waals surface area contributed by atoms with Crippen LogP contribution >= 0.6 is 0 Å². The van der Waals surface area contributed by atoms with Gasteiger partial charge in [-0.2, -0.15) is 0 Å². The molecule has 0 unspecified atom stereocenters. The van der Waals surface area contributed by atoms with Crippen molar-refractivity contribution in [2.24, 2.45) is 0 Å². The molecule has 0 spiro atoms. The van der Waals surface area contributed by atoms with Crippen molar-refractivity contribution in [3.63, 3.8) is 0 Å². The topological polar surface area (TPSA) is 42.7 Å². The van der Waals surface area contributed by atoms with Crippen molar-refractivity contribution in [2.45, 2.75) is 13.1 Å². The highest BCUT2D eigenvalue weighted by Gasteiger charge is 2.22. The Morgan fingerprint density at radius 2 is 1.64 bits per heavy atom. The van der Waals surface area contributed by atoms with Gasteiger partial charge >= 0.3 is 0 Å². The van der Waals surface area contributed by atoms with Crippen molar-refractivity contribution < 1.29 is 9.15 Å². The zero-order valence-corrected chi connectivity index (χ0v) is 15.3. The molecule has 1 aromatic heterocycles. The normalized spacial score (nSPS) is 13.9. The summed E-state index contributed by atoms with van der Waals surface area (Å²) >= 11 is 0. The molecule has 0 aliphatic carbocycles. The summed E-state index contributed by atoms with van der Waals surface area (Å²) in [6.45, 7) is 1.97. The van der Waals surface area contributed by atoms with E-state index in [4.69, 9.17) is 9.15 Å². The Hall–Kier alpha value is -3.37. The van der Waals surface area contributed by atoms with Gasteiger partial charge in [-0.25, -0.2) is 0 Å². The molecule has 28 heavy (non-hydrogen) atoms. The minimum atomic E-state index is -0.0181. The van der Waals surface area contributed by atoms with E-state index >= 15 is 0 Å². The van der Waals surface area contributed by atoms with Crippen LogP contribution < -0.4 is 10.2 Å². The van der Waals surface area contributed by atoms with Gasteiger partial charge in [0.2, 0.25) is 5.43 Å². The van der Waals surface area contributed by atoms with Gasteiger partial charge in [0, 0.05) is 13.1 Å². The average molecular weight is 369 g/mol. The maximum atomic E-state index is 13.1. The van der Waals surface area contributed by atoms with Gasteiger partial charge in [0.25, 0.3) is 0 Å². The van der Waals surface area contributed by atoms with Gasteiger partial charge in [-0.3, -0.25) is 9.69 Å². The molecule has 0 saturated heterocycles. The summed E-state index contributed by atoms with van der Waals surface area (Å²) < 4.78 is 11.9. The van der Waals surface area contributed by atoms with Crippen molar-refractivity contribution in [3.05, 3.63) is 100 Å². The molecule has 0 N–H and O–H groups in total. The van der Waals surface area contributed by atoms with Gasteiger partial charge in [0.05, 0.1) is 16.5 Å². The number of ether oxygens (including phenoxy) is 1. The van der Waals surface area contributed by atoms with E-state index in [-0.39, 0.29) is 5.43 Å². The first-order chi connectivity index (χ1) is 13.8. The van der Waals surface area contributed by atoms with E-state index in [0.29, 0.717) is 29.8 Å². The summed E-state index contributed by atoms with van der Waals surface area (Å²) in [6, 6.07) is 23.6. The highest BCUT2D eigenvalue weighted by Crippen LogP contribution is 2.32. The number of benzene rings is 3. The zero-order valence-electron chi connectivity index (χ0n) is 15.3. The quantitative estimate of drug-likeness (QED) is 0.520. The maximum absolute atomic E-state index is 13.1. The Balaban J connectivity index is 1.54. The first kappa shape index (κ1) is 16.8. The summed E-state index contributed by atoms with van der Waals surface area (Å²) in [6.07, 6.45) is 1.57. The largest absolute Gasteiger partial charge is 0.478 e. The second-order valence-corrected chi connectivity index (χ2v) is 7.01. The summed E-state index contributed by atoms with van der Waals surface area (Å²) in [7, 11) is 0. The lowest BCUT2D eigenvalue weighted by Crippen LogP contribution is -2.31. The van der Waals surface area contributed by atoms with Crippen LogP contribution in [0.4, 0.5) is 0 Å². The number of rotatable bonds is 3.